The monoisotopic (exact) mass is 413 g/mol. The van der Waals surface area contributed by atoms with Gasteiger partial charge in [-0.05, 0) is 35.2 Å². The number of carbonyl (C=O) groups is 1. The van der Waals surface area contributed by atoms with Gasteiger partial charge in [-0.15, -0.1) is 0 Å². The fraction of sp³-hybridized carbons (Fsp3) is 0.409. The second kappa shape index (κ2) is 7.89. The lowest BCUT2D eigenvalue weighted by Crippen LogP contribution is -2.48. The molecule has 1 N–H and O–H groups in total. The Morgan fingerprint density at radius 1 is 1.03 bits per heavy atom. The zero-order chi connectivity index (χ0) is 20.6. The van der Waals surface area contributed by atoms with Crippen LogP contribution in [-0.4, -0.2) is 49.7 Å². The molecule has 2 heterocycles. The maximum absolute atomic E-state index is 13.2. The first-order valence-electron chi connectivity index (χ1n) is 10.1. The minimum absolute atomic E-state index is 0.0564. The summed E-state index contributed by atoms with van der Waals surface area (Å²) in [5, 5.41) is 2.86. The molecule has 1 atom stereocenters. The van der Waals surface area contributed by atoms with E-state index in [2.05, 4.69) is 22.3 Å². The molecule has 1 fully saturated rings. The fourth-order valence-corrected chi connectivity index (χ4v) is 5.66. The molecule has 2 aromatic rings. The van der Waals surface area contributed by atoms with Gasteiger partial charge in [-0.1, -0.05) is 44.2 Å². The van der Waals surface area contributed by atoms with Crippen LogP contribution in [0.2, 0.25) is 0 Å². The number of carbonyl (C=O) groups excluding carboxylic acids is 1. The van der Waals surface area contributed by atoms with Crippen molar-refractivity contribution in [2.75, 3.05) is 31.5 Å². The van der Waals surface area contributed by atoms with E-state index in [0.717, 1.165) is 17.8 Å². The number of anilines is 1. The van der Waals surface area contributed by atoms with Gasteiger partial charge in [0, 0.05) is 38.4 Å². The average Bonchev–Trinajstić information content (AvgIpc) is 3.04. The number of benzene rings is 2. The third-order valence-corrected chi connectivity index (χ3v) is 7.68. The van der Waals surface area contributed by atoms with Crippen LogP contribution >= 0.6 is 0 Å². The van der Waals surface area contributed by atoms with Crippen LogP contribution < -0.4 is 5.32 Å². The van der Waals surface area contributed by atoms with Gasteiger partial charge in [-0.3, -0.25) is 9.69 Å². The number of piperazine rings is 1. The van der Waals surface area contributed by atoms with Crippen molar-refractivity contribution in [1.29, 1.82) is 0 Å². The second-order valence-corrected chi connectivity index (χ2v) is 10.1. The summed E-state index contributed by atoms with van der Waals surface area (Å²) in [6, 6.07) is 15.2. The highest BCUT2D eigenvalue weighted by atomic mass is 32.2. The Hall–Kier alpha value is -2.22. The van der Waals surface area contributed by atoms with Crippen molar-refractivity contribution >= 4 is 21.6 Å². The number of hydrogen-bond donors (Lipinski definition) is 1. The van der Waals surface area contributed by atoms with Gasteiger partial charge >= 0.3 is 0 Å². The Bertz CT molecular complexity index is 997. The molecule has 7 heteroatoms. The van der Waals surface area contributed by atoms with Crippen LogP contribution in [0, 0.1) is 5.92 Å². The Morgan fingerprint density at radius 2 is 1.72 bits per heavy atom. The molecular formula is C22H27N3O3S. The van der Waals surface area contributed by atoms with Gasteiger partial charge in [0.2, 0.25) is 15.9 Å². The molecule has 0 aliphatic carbocycles. The number of hydrogen-bond acceptors (Lipinski definition) is 4. The van der Waals surface area contributed by atoms with Crippen molar-refractivity contribution in [3.8, 4) is 0 Å². The van der Waals surface area contributed by atoms with E-state index in [1.165, 1.54) is 5.56 Å². The summed E-state index contributed by atoms with van der Waals surface area (Å²) in [6.45, 7) is 7.13. The highest BCUT2D eigenvalue weighted by molar-refractivity contribution is 7.89. The lowest BCUT2D eigenvalue weighted by Gasteiger charge is -2.34. The number of fused-ring (bicyclic) bond motifs is 1. The van der Waals surface area contributed by atoms with Gasteiger partial charge < -0.3 is 5.32 Å². The molecule has 0 radical (unpaired) electrons. The molecule has 0 unspecified atom stereocenters. The summed E-state index contributed by atoms with van der Waals surface area (Å²) in [6.07, 6.45) is 0. The molecule has 2 aliphatic heterocycles. The van der Waals surface area contributed by atoms with Crippen molar-refractivity contribution in [2.24, 2.45) is 5.92 Å². The normalized spacial score (nSPS) is 20.7. The van der Waals surface area contributed by atoms with Crippen LogP contribution in [0.25, 0.3) is 0 Å². The topological polar surface area (TPSA) is 69.7 Å². The van der Waals surface area contributed by atoms with Crippen molar-refractivity contribution < 1.29 is 13.2 Å². The van der Waals surface area contributed by atoms with Gasteiger partial charge in [-0.2, -0.15) is 4.31 Å². The Balaban J connectivity index is 1.48. The van der Waals surface area contributed by atoms with Crippen molar-refractivity contribution in [3.05, 3.63) is 59.7 Å². The molecule has 2 aliphatic rings. The lowest BCUT2D eigenvalue weighted by atomic mass is 9.90. The van der Waals surface area contributed by atoms with Crippen LogP contribution in [0.15, 0.2) is 53.4 Å². The Labute approximate surface area is 172 Å². The molecule has 1 saturated heterocycles. The number of amides is 1. The molecule has 0 aromatic heterocycles. The standard InChI is InChI=1S/C22H27N3O3S/c1-16(2)21-19-14-18(8-9-20(19)23-22(21)26)29(27,28)25-12-10-24(11-13-25)15-17-6-4-3-5-7-17/h3-9,14,16,21H,10-13,15H2,1-2H3,(H,23,26)/t21-/m0/s1. The summed E-state index contributed by atoms with van der Waals surface area (Å²) in [7, 11) is -3.58. The molecule has 154 valence electrons. The van der Waals surface area contributed by atoms with E-state index in [0.29, 0.717) is 26.2 Å². The minimum Gasteiger partial charge on any atom is -0.325 e. The maximum atomic E-state index is 13.2. The molecule has 1 amide bonds. The van der Waals surface area contributed by atoms with Crippen LogP contribution in [0.3, 0.4) is 0 Å². The van der Waals surface area contributed by atoms with Gasteiger partial charge in [0.05, 0.1) is 10.8 Å². The highest BCUT2D eigenvalue weighted by Gasteiger charge is 2.35. The third kappa shape index (κ3) is 3.95. The van der Waals surface area contributed by atoms with E-state index in [4.69, 9.17) is 0 Å². The smallest absolute Gasteiger partial charge is 0.243 e. The largest absolute Gasteiger partial charge is 0.325 e. The number of rotatable bonds is 5. The number of nitrogens with one attached hydrogen (secondary N) is 1. The summed E-state index contributed by atoms with van der Waals surface area (Å²) in [5.74, 6) is -0.252. The van der Waals surface area contributed by atoms with E-state index in [9.17, 15) is 13.2 Å². The van der Waals surface area contributed by atoms with Gasteiger partial charge in [0.1, 0.15) is 0 Å². The average molecular weight is 414 g/mol. The first-order valence-corrected chi connectivity index (χ1v) is 11.5. The van der Waals surface area contributed by atoms with Crippen LogP contribution in [0.5, 0.6) is 0 Å². The van der Waals surface area contributed by atoms with Gasteiger partial charge in [-0.25, -0.2) is 8.42 Å². The zero-order valence-corrected chi connectivity index (χ0v) is 17.7. The van der Waals surface area contributed by atoms with Gasteiger partial charge in [0.15, 0.2) is 0 Å². The molecule has 6 nitrogen and oxygen atoms in total. The molecule has 0 spiro atoms. The molecule has 2 aromatic carbocycles. The molecule has 4 rings (SSSR count). The van der Waals surface area contributed by atoms with Crippen LogP contribution in [0.1, 0.15) is 30.9 Å². The van der Waals surface area contributed by atoms with E-state index < -0.39 is 10.0 Å². The summed E-state index contributed by atoms with van der Waals surface area (Å²) < 4.78 is 28.0. The summed E-state index contributed by atoms with van der Waals surface area (Å²) in [4.78, 5) is 14.8. The van der Waals surface area contributed by atoms with Crippen molar-refractivity contribution in [1.82, 2.24) is 9.21 Å². The first kappa shape index (κ1) is 20.1. The Kier molecular flexibility index (Phi) is 5.46. The van der Waals surface area contributed by atoms with Gasteiger partial charge in [0.25, 0.3) is 0 Å². The quantitative estimate of drug-likeness (QED) is 0.818. The van der Waals surface area contributed by atoms with Crippen molar-refractivity contribution in [2.45, 2.75) is 31.2 Å². The van der Waals surface area contributed by atoms with E-state index in [1.807, 2.05) is 32.0 Å². The van der Waals surface area contributed by atoms with Crippen LogP contribution in [0.4, 0.5) is 5.69 Å². The summed E-state index contributed by atoms with van der Waals surface area (Å²) >= 11 is 0. The molecule has 29 heavy (non-hydrogen) atoms. The molecule has 0 saturated carbocycles. The van der Waals surface area contributed by atoms with Crippen LogP contribution in [-0.2, 0) is 21.4 Å². The minimum atomic E-state index is -3.58. The number of sulfonamides is 1. The first-order chi connectivity index (χ1) is 13.9. The highest BCUT2D eigenvalue weighted by Crippen LogP contribution is 2.38. The molecule has 0 bridgehead atoms. The lowest BCUT2D eigenvalue weighted by molar-refractivity contribution is -0.117. The Morgan fingerprint density at radius 3 is 2.38 bits per heavy atom. The predicted octanol–water partition coefficient (Wildman–Crippen LogP) is 2.88. The number of nitrogens with zero attached hydrogens (tertiary/aromatic N) is 2. The van der Waals surface area contributed by atoms with Crippen molar-refractivity contribution in [3.63, 3.8) is 0 Å². The summed E-state index contributed by atoms with van der Waals surface area (Å²) in [5.41, 5.74) is 2.74. The van der Waals surface area contributed by atoms with E-state index >= 15 is 0 Å². The predicted molar refractivity (Wildman–Crippen MR) is 113 cm³/mol. The van der Waals surface area contributed by atoms with E-state index in [1.54, 1.807) is 22.5 Å². The molecular weight excluding hydrogens is 386 g/mol. The fourth-order valence-electron chi connectivity index (χ4n) is 4.20. The van der Waals surface area contributed by atoms with E-state index in [-0.39, 0.29) is 22.6 Å². The zero-order valence-electron chi connectivity index (χ0n) is 16.8. The third-order valence-electron chi connectivity index (χ3n) is 5.78. The maximum Gasteiger partial charge on any atom is 0.243 e. The SMILES string of the molecule is CC(C)[C@@H]1C(=O)Nc2ccc(S(=O)(=O)N3CCN(Cc4ccccc4)CC3)cc21. The second-order valence-electron chi connectivity index (χ2n) is 8.13.